The number of likely N-dealkylation sites (tertiary alicyclic amines) is 1. The number of nitrogens with zero attached hydrogens (tertiary/aromatic N) is 1. The Bertz CT molecular complexity index is 542. The number of benzene rings is 1. The number of hydrogen-bond donors (Lipinski definition) is 1. The van der Waals surface area contributed by atoms with Crippen LogP contribution in [0.3, 0.4) is 0 Å². The van der Waals surface area contributed by atoms with Crippen molar-refractivity contribution in [2.75, 3.05) is 33.3 Å². The van der Waals surface area contributed by atoms with E-state index >= 15 is 0 Å². The third kappa shape index (κ3) is 5.96. The molecular weight excluding hydrogens is 304 g/mol. The maximum atomic E-state index is 12.1. The van der Waals surface area contributed by atoms with Gasteiger partial charge in [0.05, 0.1) is 20.1 Å². The molecule has 1 heterocycles. The van der Waals surface area contributed by atoms with E-state index in [4.69, 9.17) is 4.74 Å². The highest BCUT2D eigenvalue weighted by molar-refractivity contribution is 5.78. The Morgan fingerprint density at radius 3 is 2.62 bits per heavy atom. The van der Waals surface area contributed by atoms with Crippen molar-refractivity contribution in [2.45, 2.75) is 32.6 Å². The molecule has 5 heteroatoms. The Kier molecular flexibility index (Phi) is 7.25. The van der Waals surface area contributed by atoms with Crippen LogP contribution >= 0.6 is 0 Å². The standard InChI is InChI=1S/C19H28N2O3/c1-3-15-6-8-16(9-7-15)11-18(22)20-12-17-5-4-10-21(13-17)14-19(23)24-2/h6-9,17H,3-5,10-14H2,1-2H3,(H,20,22)/t17-/m1/s1. The van der Waals surface area contributed by atoms with Crippen LogP contribution in [0.1, 0.15) is 30.9 Å². The fourth-order valence-corrected chi connectivity index (χ4v) is 3.11. The lowest BCUT2D eigenvalue weighted by Gasteiger charge is -2.31. The number of piperidine rings is 1. The summed E-state index contributed by atoms with van der Waals surface area (Å²) in [6, 6.07) is 8.21. The van der Waals surface area contributed by atoms with Crippen LogP contribution in [-0.2, 0) is 27.2 Å². The second-order valence-corrected chi connectivity index (χ2v) is 6.47. The Morgan fingerprint density at radius 2 is 1.96 bits per heavy atom. The number of hydrogen-bond acceptors (Lipinski definition) is 4. The van der Waals surface area contributed by atoms with E-state index in [-0.39, 0.29) is 11.9 Å². The first kappa shape index (κ1) is 18.5. The molecule has 1 aromatic carbocycles. The Labute approximate surface area is 144 Å². The Hall–Kier alpha value is -1.88. The SMILES string of the molecule is CCc1ccc(CC(=O)NC[C@H]2CCCN(CC(=O)OC)C2)cc1. The molecule has 1 saturated heterocycles. The zero-order chi connectivity index (χ0) is 17.4. The van der Waals surface area contributed by atoms with Gasteiger partial charge in [-0.1, -0.05) is 31.2 Å². The summed E-state index contributed by atoms with van der Waals surface area (Å²) in [6.07, 6.45) is 3.57. The largest absolute Gasteiger partial charge is 0.468 e. The number of carbonyl (C=O) groups excluding carboxylic acids is 2. The van der Waals surface area contributed by atoms with E-state index < -0.39 is 0 Å². The summed E-state index contributed by atoms with van der Waals surface area (Å²) in [4.78, 5) is 25.6. The lowest BCUT2D eigenvalue weighted by atomic mass is 9.98. The van der Waals surface area contributed by atoms with Crippen LogP contribution in [0.2, 0.25) is 0 Å². The van der Waals surface area contributed by atoms with E-state index in [1.54, 1.807) is 0 Å². The molecule has 2 rings (SSSR count). The summed E-state index contributed by atoms with van der Waals surface area (Å²) in [5.41, 5.74) is 2.33. The summed E-state index contributed by atoms with van der Waals surface area (Å²) >= 11 is 0. The van der Waals surface area contributed by atoms with Crippen LogP contribution in [0.25, 0.3) is 0 Å². The van der Waals surface area contributed by atoms with Gasteiger partial charge in [-0.2, -0.15) is 0 Å². The maximum absolute atomic E-state index is 12.1. The minimum Gasteiger partial charge on any atom is -0.468 e. The topological polar surface area (TPSA) is 58.6 Å². The predicted molar refractivity (Wildman–Crippen MR) is 93.7 cm³/mol. The highest BCUT2D eigenvalue weighted by Gasteiger charge is 2.22. The molecule has 0 radical (unpaired) electrons. The van der Waals surface area contributed by atoms with Gasteiger partial charge in [-0.05, 0) is 42.9 Å². The van der Waals surface area contributed by atoms with Crippen molar-refractivity contribution in [3.05, 3.63) is 35.4 Å². The molecule has 132 valence electrons. The first-order valence-electron chi connectivity index (χ1n) is 8.74. The van der Waals surface area contributed by atoms with Crippen LogP contribution < -0.4 is 5.32 Å². The fourth-order valence-electron chi connectivity index (χ4n) is 3.11. The third-order valence-electron chi connectivity index (χ3n) is 4.57. The number of aryl methyl sites for hydroxylation is 1. The zero-order valence-corrected chi connectivity index (χ0v) is 14.7. The number of methoxy groups -OCH3 is 1. The molecule has 1 aliphatic rings. The highest BCUT2D eigenvalue weighted by Crippen LogP contribution is 2.15. The molecule has 0 aromatic heterocycles. The number of amides is 1. The molecule has 1 aromatic rings. The molecule has 1 aliphatic heterocycles. The number of ether oxygens (including phenoxy) is 1. The minimum atomic E-state index is -0.199. The van der Waals surface area contributed by atoms with E-state index in [9.17, 15) is 9.59 Å². The molecular formula is C19H28N2O3. The molecule has 5 nitrogen and oxygen atoms in total. The van der Waals surface area contributed by atoms with Crippen LogP contribution in [0, 0.1) is 5.92 Å². The average Bonchev–Trinajstić information content (AvgIpc) is 2.61. The molecule has 1 N–H and O–H groups in total. The normalized spacial score (nSPS) is 18.2. The van der Waals surface area contributed by atoms with Crippen molar-refractivity contribution in [3.63, 3.8) is 0 Å². The number of carbonyl (C=O) groups is 2. The van der Waals surface area contributed by atoms with Gasteiger partial charge in [0.2, 0.25) is 5.91 Å². The Morgan fingerprint density at radius 1 is 1.25 bits per heavy atom. The van der Waals surface area contributed by atoms with E-state index in [1.807, 2.05) is 12.1 Å². The van der Waals surface area contributed by atoms with Crippen molar-refractivity contribution >= 4 is 11.9 Å². The monoisotopic (exact) mass is 332 g/mol. The van der Waals surface area contributed by atoms with Gasteiger partial charge < -0.3 is 10.1 Å². The summed E-state index contributed by atoms with van der Waals surface area (Å²) in [5.74, 6) is 0.259. The van der Waals surface area contributed by atoms with E-state index in [0.29, 0.717) is 25.4 Å². The van der Waals surface area contributed by atoms with Gasteiger partial charge in [0.15, 0.2) is 0 Å². The van der Waals surface area contributed by atoms with Gasteiger partial charge in [0.25, 0.3) is 0 Å². The predicted octanol–water partition coefficient (Wildman–Crippen LogP) is 1.79. The molecule has 1 atom stereocenters. The highest BCUT2D eigenvalue weighted by atomic mass is 16.5. The van der Waals surface area contributed by atoms with E-state index in [0.717, 1.165) is 37.9 Å². The van der Waals surface area contributed by atoms with E-state index in [1.165, 1.54) is 12.7 Å². The third-order valence-corrected chi connectivity index (χ3v) is 4.57. The first-order valence-corrected chi connectivity index (χ1v) is 8.74. The average molecular weight is 332 g/mol. The molecule has 0 saturated carbocycles. The lowest BCUT2D eigenvalue weighted by molar-refractivity contribution is -0.142. The van der Waals surface area contributed by atoms with Crippen LogP contribution in [0.5, 0.6) is 0 Å². The summed E-state index contributed by atoms with van der Waals surface area (Å²) in [6.45, 7) is 4.88. The zero-order valence-electron chi connectivity index (χ0n) is 14.7. The molecule has 0 aliphatic carbocycles. The van der Waals surface area contributed by atoms with Gasteiger partial charge in [-0.25, -0.2) is 0 Å². The summed E-state index contributed by atoms with van der Waals surface area (Å²) < 4.78 is 4.72. The van der Waals surface area contributed by atoms with Crippen molar-refractivity contribution in [3.8, 4) is 0 Å². The maximum Gasteiger partial charge on any atom is 0.319 e. The van der Waals surface area contributed by atoms with Gasteiger partial charge >= 0.3 is 5.97 Å². The molecule has 24 heavy (non-hydrogen) atoms. The number of esters is 1. The molecule has 0 spiro atoms. The molecule has 1 amide bonds. The molecule has 0 unspecified atom stereocenters. The molecule has 1 fully saturated rings. The summed E-state index contributed by atoms with van der Waals surface area (Å²) in [7, 11) is 1.41. The second-order valence-electron chi connectivity index (χ2n) is 6.47. The Balaban J connectivity index is 1.73. The first-order chi connectivity index (χ1) is 11.6. The van der Waals surface area contributed by atoms with E-state index in [2.05, 4.69) is 29.3 Å². The number of nitrogens with one attached hydrogen (secondary N) is 1. The van der Waals surface area contributed by atoms with Crippen molar-refractivity contribution in [2.24, 2.45) is 5.92 Å². The minimum absolute atomic E-state index is 0.0596. The molecule has 0 bridgehead atoms. The summed E-state index contributed by atoms with van der Waals surface area (Å²) in [5, 5.41) is 3.04. The van der Waals surface area contributed by atoms with Crippen LogP contribution in [0.15, 0.2) is 24.3 Å². The van der Waals surface area contributed by atoms with Gasteiger partial charge in [-0.15, -0.1) is 0 Å². The smallest absolute Gasteiger partial charge is 0.319 e. The number of rotatable bonds is 7. The second kappa shape index (κ2) is 9.42. The van der Waals surface area contributed by atoms with Gasteiger partial charge in [-0.3, -0.25) is 14.5 Å². The quantitative estimate of drug-likeness (QED) is 0.774. The lowest BCUT2D eigenvalue weighted by Crippen LogP contribution is -2.43. The van der Waals surface area contributed by atoms with Gasteiger partial charge in [0.1, 0.15) is 0 Å². The van der Waals surface area contributed by atoms with Crippen molar-refractivity contribution < 1.29 is 14.3 Å². The van der Waals surface area contributed by atoms with Gasteiger partial charge in [0, 0.05) is 13.1 Å². The van der Waals surface area contributed by atoms with Crippen molar-refractivity contribution in [1.29, 1.82) is 0 Å². The van der Waals surface area contributed by atoms with Crippen LogP contribution in [-0.4, -0.2) is 50.1 Å². The van der Waals surface area contributed by atoms with Crippen molar-refractivity contribution in [1.82, 2.24) is 10.2 Å². The van der Waals surface area contributed by atoms with Crippen LogP contribution in [0.4, 0.5) is 0 Å². The fraction of sp³-hybridized carbons (Fsp3) is 0.579.